The van der Waals surface area contributed by atoms with Crippen molar-refractivity contribution in [1.82, 2.24) is 14.5 Å². The molecule has 3 aromatic carbocycles. The fourth-order valence-corrected chi connectivity index (χ4v) is 7.31. The molecular formula is C35H28ClN3O4S. The molecule has 6 aromatic rings. The maximum atomic E-state index is 13.7. The molecular weight excluding hydrogens is 594 g/mol. The van der Waals surface area contributed by atoms with Crippen LogP contribution in [-0.4, -0.2) is 55.7 Å². The Hall–Kier alpha value is -4.50. The molecule has 0 aliphatic carbocycles. The fraction of sp³-hybridized carbons (Fsp3) is 0.171. The quantitative estimate of drug-likeness (QED) is 0.200. The monoisotopic (exact) mass is 621 g/mol. The number of benzene rings is 3. The summed E-state index contributed by atoms with van der Waals surface area (Å²) in [4.78, 5) is 32.7. The predicted molar refractivity (Wildman–Crippen MR) is 175 cm³/mol. The number of piperidine rings is 1. The van der Waals surface area contributed by atoms with Crippen molar-refractivity contribution in [3.63, 3.8) is 0 Å². The number of amides is 1. The summed E-state index contributed by atoms with van der Waals surface area (Å²) in [5.41, 5.74) is 6.72. The van der Waals surface area contributed by atoms with Crippen molar-refractivity contribution in [1.29, 1.82) is 0 Å². The summed E-state index contributed by atoms with van der Waals surface area (Å²) in [5, 5.41) is 21.4. The molecule has 0 bridgehead atoms. The number of aromatic nitrogens is 2. The van der Waals surface area contributed by atoms with Gasteiger partial charge in [0.15, 0.2) is 0 Å². The summed E-state index contributed by atoms with van der Waals surface area (Å²) in [6.07, 6.45) is 0.701. The number of aromatic carboxylic acids is 1. The minimum absolute atomic E-state index is 0.0479. The Morgan fingerprint density at radius 1 is 0.909 bits per heavy atom. The molecule has 1 aliphatic heterocycles. The summed E-state index contributed by atoms with van der Waals surface area (Å²) < 4.78 is 2.78. The first-order valence-electron chi connectivity index (χ1n) is 14.4. The number of nitrogens with zero attached hydrogens (tertiary/aromatic N) is 3. The van der Waals surface area contributed by atoms with Gasteiger partial charge in [0.1, 0.15) is 11.4 Å². The first-order valence-corrected chi connectivity index (χ1v) is 15.6. The highest BCUT2D eigenvalue weighted by Gasteiger charge is 2.28. The first-order chi connectivity index (χ1) is 21.4. The number of pyridine rings is 1. The lowest BCUT2D eigenvalue weighted by molar-refractivity contribution is -0.133. The molecule has 0 unspecified atom stereocenters. The van der Waals surface area contributed by atoms with E-state index in [9.17, 15) is 19.8 Å². The van der Waals surface area contributed by atoms with Crippen LogP contribution in [0.15, 0.2) is 91.0 Å². The number of hydrogen-bond donors (Lipinski definition) is 2. The fourth-order valence-electron chi connectivity index (χ4n) is 6.01. The second kappa shape index (κ2) is 11.5. The van der Waals surface area contributed by atoms with Crippen molar-refractivity contribution in [2.45, 2.75) is 25.5 Å². The van der Waals surface area contributed by atoms with Crippen LogP contribution >= 0.6 is 22.9 Å². The lowest BCUT2D eigenvalue weighted by Gasteiger charge is -2.30. The molecule has 3 aromatic heterocycles. The van der Waals surface area contributed by atoms with E-state index in [1.807, 2.05) is 83.4 Å². The van der Waals surface area contributed by atoms with E-state index >= 15 is 0 Å². The Bertz CT molecular complexity index is 2040. The number of carboxylic acid groups (broad SMARTS) is 1. The standard InChI is InChI=1S/C35H28ClN3O4S/c36-26-9-5-4-8-25(26)28-13-10-22-18-23(11-12-27(22)37-28)33-32(21-6-2-1-3-7-21)34-29(19-30(44-34)35(42)43)39(33)20-31(41)38-16-14-24(40)15-17-38/h1-13,18-19,24,40H,14-17,20H2,(H,42,43). The Labute approximate surface area is 262 Å². The van der Waals surface area contributed by atoms with Crippen LogP contribution in [0.25, 0.3) is 54.8 Å². The highest BCUT2D eigenvalue weighted by Crippen LogP contribution is 2.45. The van der Waals surface area contributed by atoms with Crippen molar-refractivity contribution < 1.29 is 19.8 Å². The number of halogens is 1. The Kier molecular flexibility index (Phi) is 7.42. The van der Waals surface area contributed by atoms with Gasteiger partial charge in [0.05, 0.1) is 33.2 Å². The summed E-state index contributed by atoms with van der Waals surface area (Å²) in [5.74, 6) is -1.06. The van der Waals surface area contributed by atoms with Crippen LogP contribution in [0.4, 0.5) is 0 Å². The number of aliphatic hydroxyl groups is 1. The largest absolute Gasteiger partial charge is 0.477 e. The van der Waals surface area contributed by atoms with Gasteiger partial charge in [0.25, 0.3) is 0 Å². The van der Waals surface area contributed by atoms with Crippen LogP contribution in [0.3, 0.4) is 0 Å². The Balaban J connectivity index is 1.41. The molecule has 1 aliphatic rings. The van der Waals surface area contributed by atoms with Crippen LogP contribution in [-0.2, 0) is 11.3 Å². The number of likely N-dealkylation sites (tertiary alicyclic amines) is 1. The van der Waals surface area contributed by atoms with Gasteiger partial charge in [-0.2, -0.15) is 0 Å². The molecule has 2 N–H and O–H groups in total. The van der Waals surface area contributed by atoms with E-state index in [4.69, 9.17) is 16.6 Å². The molecule has 0 atom stereocenters. The van der Waals surface area contributed by atoms with Gasteiger partial charge in [-0.1, -0.05) is 72.3 Å². The van der Waals surface area contributed by atoms with Crippen molar-refractivity contribution in [3.8, 4) is 33.6 Å². The second-order valence-electron chi connectivity index (χ2n) is 11.0. The number of aliphatic hydroxyl groups excluding tert-OH is 1. The summed E-state index contributed by atoms with van der Waals surface area (Å²) >= 11 is 7.67. The predicted octanol–water partition coefficient (Wildman–Crippen LogP) is 7.59. The molecule has 7 rings (SSSR count). The third-order valence-corrected chi connectivity index (χ3v) is 9.69. The number of hydrogen-bond acceptors (Lipinski definition) is 5. The van der Waals surface area contributed by atoms with E-state index in [1.54, 1.807) is 11.0 Å². The van der Waals surface area contributed by atoms with Crippen molar-refractivity contribution >= 4 is 55.9 Å². The molecule has 1 saturated heterocycles. The molecule has 1 fully saturated rings. The molecule has 0 saturated carbocycles. The third kappa shape index (κ3) is 5.15. The highest BCUT2D eigenvalue weighted by molar-refractivity contribution is 7.21. The first kappa shape index (κ1) is 28.3. The van der Waals surface area contributed by atoms with Gasteiger partial charge in [-0.15, -0.1) is 11.3 Å². The van der Waals surface area contributed by atoms with Crippen LogP contribution in [0, 0.1) is 0 Å². The normalized spacial score (nSPS) is 14.0. The van der Waals surface area contributed by atoms with E-state index in [0.717, 1.165) is 49.2 Å². The average Bonchev–Trinajstić information content (AvgIpc) is 3.60. The van der Waals surface area contributed by atoms with Gasteiger partial charge in [0.2, 0.25) is 5.91 Å². The van der Waals surface area contributed by atoms with Gasteiger partial charge in [-0.25, -0.2) is 9.78 Å². The van der Waals surface area contributed by atoms with Gasteiger partial charge in [-0.3, -0.25) is 4.79 Å². The average molecular weight is 622 g/mol. The van der Waals surface area contributed by atoms with Crippen LogP contribution in [0.5, 0.6) is 0 Å². The van der Waals surface area contributed by atoms with Gasteiger partial charge in [0, 0.05) is 34.6 Å². The molecule has 0 radical (unpaired) electrons. The van der Waals surface area contributed by atoms with Crippen LogP contribution < -0.4 is 0 Å². The lowest BCUT2D eigenvalue weighted by Crippen LogP contribution is -2.41. The highest BCUT2D eigenvalue weighted by atomic mass is 35.5. The van der Waals surface area contributed by atoms with Gasteiger partial charge in [-0.05, 0) is 54.3 Å². The number of carbonyl (C=O) groups excluding carboxylic acids is 1. The van der Waals surface area contributed by atoms with Gasteiger partial charge < -0.3 is 19.7 Å². The van der Waals surface area contributed by atoms with Crippen molar-refractivity contribution in [2.75, 3.05) is 13.1 Å². The minimum atomic E-state index is -0.999. The molecule has 1 amide bonds. The van der Waals surface area contributed by atoms with E-state index in [-0.39, 0.29) is 17.3 Å². The molecule has 9 heteroatoms. The summed E-state index contributed by atoms with van der Waals surface area (Å²) in [7, 11) is 0. The van der Waals surface area contributed by atoms with Crippen LogP contribution in [0.1, 0.15) is 22.5 Å². The SMILES string of the molecule is O=C(O)c1cc2c(s1)c(-c1ccccc1)c(-c1ccc3nc(-c4ccccc4Cl)ccc3c1)n2CC(=O)N1CCC(O)CC1. The van der Waals surface area contributed by atoms with Crippen LogP contribution in [0.2, 0.25) is 5.02 Å². The van der Waals surface area contributed by atoms with Crippen molar-refractivity contribution in [2.24, 2.45) is 0 Å². The summed E-state index contributed by atoms with van der Waals surface area (Å²) in [6, 6.07) is 29.2. The zero-order chi connectivity index (χ0) is 30.4. The number of carboxylic acids is 1. The topological polar surface area (TPSA) is 95.7 Å². The number of rotatable bonds is 6. The zero-order valence-electron chi connectivity index (χ0n) is 23.6. The molecule has 44 heavy (non-hydrogen) atoms. The van der Waals surface area contributed by atoms with E-state index in [0.29, 0.717) is 36.5 Å². The number of carbonyl (C=O) groups is 2. The van der Waals surface area contributed by atoms with Crippen molar-refractivity contribution in [3.05, 3.63) is 101 Å². The Morgan fingerprint density at radius 3 is 2.41 bits per heavy atom. The third-order valence-electron chi connectivity index (χ3n) is 8.23. The maximum Gasteiger partial charge on any atom is 0.345 e. The summed E-state index contributed by atoms with van der Waals surface area (Å²) in [6.45, 7) is 1.03. The van der Waals surface area contributed by atoms with E-state index in [2.05, 4.69) is 6.07 Å². The van der Waals surface area contributed by atoms with Gasteiger partial charge >= 0.3 is 5.97 Å². The minimum Gasteiger partial charge on any atom is -0.477 e. The zero-order valence-corrected chi connectivity index (χ0v) is 25.2. The smallest absolute Gasteiger partial charge is 0.345 e. The maximum absolute atomic E-state index is 13.7. The number of fused-ring (bicyclic) bond motifs is 2. The Morgan fingerprint density at radius 2 is 1.66 bits per heavy atom. The molecule has 0 spiro atoms. The number of thiophene rings is 1. The molecule has 4 heterocycles. The van der Waals surface area contributed by atoms with E-state index < -0.39 is 12.1 Å². The van der Waals surface area contributed by atoms with E-state index in [1.165, 1.54) is 11.3 Å². The lowest BCUT2D eigenvalue weighted by atomic mass is 9.99. The molecule has 7 nitrogen and oxygen atoms in total. The molecule has 220 valence electrons. The second-order valence-corrected chi connectivity index (χ2v) is 12.5.